The molecule has 0 aliphatic carbocycles. The molecule has 5 nitrogen and oxygen atoms in total. The number of piperazine rings is 1. The van der Waals surface area contributed by atoms with Crippen LogP contribution in [0.3, 0.4) is 0 Å². The van der Waals surface area contributed by atoms with Crippen molar-refractivity contribution in [1.29, 1.82) is 0 Å². The third-order valence-electron chi connectivity index (χ3n) is 5.71. The van der Waals surface area contributed by atoms with Gasteiger partial charge in [-0.05, 0) is 47.7 Å². The third kappa shape index (κ3) is 6.74. The van der Waals surface area contributed by atoms with Crippen LogP contribution in [0.4, 0.5) is 13.6 Å². The molecule has 1 aliphatic rings. The lowest BCUT2D eigenvalue weighted by Gasteiger charge is -2.41. The minimum atomic E-state index is -0.989. The predicted octanol–water partition coefficient (Wildman–Crippen LogP) is 4.35. The Morgan fingerprint density at radius 1 is 0.935 bits per heavy atom. The highest BCUT2D eigenvalue weighted by Crippen LogP contribution is 2.30. The number of halogens is 2. The zero-order valence-corrected chi connectivity index (χ0v) is 18.1. The molecule has 2 aromatic rings. The van der Waals surface area contributed by atoms with Gasteiger partial charge in [-0.15, -0.1) is 0 Å². The fraction of sp³-hybridized carbons (Fsp3) is 0.458. The van der Waals surface area contributed by atoms with E-state index in [2.05, 4.69) is 29.0 Å². The lowest BCUT2D eigenvalue weighted by molar-refractivity contribution is 0.0985. The van der Waals surface area contributed by atoms with Crippen LogP contribution < -0.4 is 5.32 Å². The molecule has 7 heteroatoms. The van der Waals surface area contributed by atoms with Crippen LogP contribution in [0.5, 0.6) is 0 Å². The van der Waals surface area contributed by atoms with E-state index in [0.717, 1.165) is 43.7 Å². The average molecular weight is 432 g/mol. The molecule has 1 amide bonds. The minimum absolute atomic E-state index is 0.0908. The number of nitrogens with one attached hydrogen (secondary N) is 1. The van der Waals surface area contributed by atoms with Crippen molar-refractivity contribution >= 4 is 6.09 Å². The molecular weight excluding hydrogens is 400 g/mol. The van der Waals surface area contributed by atoms with Gasteiger partial charge in [0, 0.05) is 38.8 Å². The first-order valence-corrected chi connectivity index (χ1v) is 10.8. The van der Waals surface area contributed by atoms with Crippen LogP contribution in [0.1, 0.15) is 37.4 Å². The highest BCUT2D eigenvalue weighted by atomic mass is 19.1. The quantitative estimate of drug-likeness (QED) is 0.652. The third-order valence-corrected chi connectivity index (χ3v) is 5.71. The summed E-state index contributed by atoms with van der Waals surface area (Å²) in [4.78, 5) is 15.7. The van der Waals surface area contributed by atoms with Crippen LogP contribution in [0.25, 0.3) is 0 Å². The molecule has 0 bridgehead atoms. The van der Waals surface area contributed by atoms with Crippen molar-refractivity contribution in [2.45, 2.75) is 32.4 Å². The van der Waals surface area contributed by atoms with E-state index in [4.69, 9.17) is 5.11 Å². The van der Waals surface area contributed by atoms with Crippen molar-refractivity contribution in [2.75, 3.05) is 32.7 Å². The van der Waals surface area contributed by atoms with Gasteiger partial charge in [-0.3, -0.25) is 9.80 Å². The molecule has 0 radical (unpaired) electrons. The van der Waals surface area contributed by atoms with Crippen LogP contribution in [0.2, 0.25) is 0 Å². The summed E-state index contributed by atoms with van der Waals surface area (Å²) in [7, 11) is 0. The van der Waals surface area contributed by atoms with E-state index < -0.39 is 6.09 Å². The number of amides is 1. The maximum Gasteiger partial charge on any atom is 0.404 e. The molecule has 1 unspecified atom stereocenters. The summed E-state index contributed by atoms with van der Waals surface area (Å²) in [6, 6.07) is 12.8. The Morgan fingerprint density at radius 3 is 1.84 bits per heavy atom. The minimum Gasteiger partial charge on any atom is -0.465 e. The zero-order chi connectivity index (χ0) is 22.4. The Kier molecular flexibility index (Phi) is 7.98. The van der Waals surface area contributed by atoms with Crippen molar-refractivity contribution in [3.8, 4) is 0 Å². The fourth-order valence-corrected chi connectivity index (χ4v) is 4.34. The maximum atomic E-state index is 13.5. The van der Waals surface area contributed by atoms with Gasteiger partial charge in [0.1, 0.15) is 11.6 Å². The molecule has 1 heterocycles. The van der Waals surface area contributed by atoms with E-state index in [1.165, 1.54) is 24.3 Å². The molecule has 1 atom stereocenters. The van der Waals surface area contributed by atoms with Crippen LogP contribution >= 0.6 is 0 Å². The van der Waals surface area contributed by atoms with Crippen LogP contribution in [0, 0.1) is 17.6 Å². The topological polar surface area (TPSA) is 55.8 Å². The monoisotopic (exact) mass is 431 g/mol. The van der Waals surface area contributed by atoms with Gasteiger partial charge in [0.25, 0.3) is 0 Å². The largest absolute Gasteiger partial charge is 0.465 e. The van der Waals surface area contributed by atoms with Crippen molar-refractivity contribution in [3.63, 3.8) is 0 Å². The Hall–Kier alpha value is -2.51. The summed E-state index contributed by atoms with van der Waals surface area (Å²) in [5.74, 6) is -0.165. The molecule has 1 saturated heterocycles. The van der Waals surface area contributed by atoms with E-state index in [1.54, 1.807) is 24.3 Å². The van der Waals surface area contributed by atoms with Gasteiger partial charge in [0.15, 0.2) is 0 Å². The summed E-state index contributed by atoms with van der Waals surface area (Å²) < 4.78 is 27.0. The smallest absolute Gasteiger partial charge is 0.404 e. The average Bonchev–Trinajstić information content (AvgIpc) is 2.71. The van der Waals surface area contributed by atoms with Gasteiger partial charge in [0.05, 0.1) is 6.04 Å². The van der Waals surface area contributed by atoms with Gasteiger partial charge >= 0.3 is 6.09 Å². The lowest BCUT2D eigenvalue weighted by Crippen LogP contribution is -2.52. The first-order chi connectivity index (χ1) is 14.8. The molecule has 0 aromatic heterocycles. The Balaban J connectivity index is 1.70. The van der Waals surface area contributed by atoms with Gasteiger partial charge in [0.2, 0.25) is 0 Å². The second-order valence-corrected chi connectivity index (χ2v) is 8.62. The standard InChI is InChI=1S/C24H31F2N3O2/c1-17(2)15-22(27-24(30)31)16-28-11-13-29(14-12-28)23(18-3-7-20(25)8-4-18)19-5-9-21(26)10-6-19/h3-10,17,22-23,27H,11-16H2,1-2H3,(H,30,31). The molecule has 0 spiro atoms. The predicted molar refractivity (Wildman–Crippen MR) is 117 cm³/mol. The van der Waals surface area contributed by atoms with Crippen molar-refractivity contribution in [1.82, 2.24) is 15.1 Å². The maximum absolute atomic E-state index is 13.5. The normalized spacial score (nSPS) is 16.6. The van der Waals surface area contributed by atoms with E-state index >= 15 is 0 Å². The highest BCUT2D eigenvalue weighted by molar-refractivity contribution is 5.64. The molecule has 1 aliphatic heterocycles. The van der Waals surface area contributed by atoms with E-state index in [0.29, 0.717) is 12.5 Å². The Bertz CT molecular complexity index is 789. The second-order valence-electron chi connectivity index (χ2n) is 8.62. The van der Waals surface area contributed by atoms with Crippen molar-refractivity contribution in [3.05, 3.63) is 71.3 Å². The van der Waals surface area contributed by atoms with E-state index in [1.807, 2.05) is 0 Å². The number of carboxylic acid groups (broad SMARTS) is 1. The second kappa shape index (κ2) is 10.7. The van der Waals surface area contributed by atoms with Gasteiger partial charge < -0.3 is 10.4 Å². The Morgan fingerprint density at radius 2 is 1.42 bits per heavy atom. The van der Waals surface area contributed by atoms with Crippen LogP contribution in [0.15, 0.2) is 48.5 Å². The lowest BCUT2D eigenvalue weighted by atomic mass is 9.96. The first kappa shape index (κ1) is 23.2. The molecule has 3 rings (SSSR count). The fourth-order valence-electron chi connectivity index (χ4n) is 4.34. The first-order valence-electron chi connectivity index (χ1n) is 10.8. The molecule has 2 aromatic carbocycles. The summed E-state index contributed by atoms with van der Waals surface area (Å²) in [5, 5.41) is 11.8. The van der Waals surface area contributed by atoms with Crippen molar-refractivity contribution in [2.24, 2.45) is 5.92 Å². The van der Waals surface area contributed by atoms with Gasteiger partial charge in [-0.25, -0.2) is 13.6 Å². The number of benzene rings is 2. The number of hydrogen-bond acceptors (Lipinski definition) is 3. The number of hydrogen-bond donors (Lipinski definition) is 2. The molecular formula is C24H31F2N3O2. The molecule has 2 N–H and O–H groups in total. The molecule has 31 heavy (non-hydrogen) atoms. The number of carbonyl (C=O) groups is 1. The molecule has 1 fully saturated rings. The SMILES string of the molecule is CC(C)CC(CN1CCN(C(c2ccc(F)cc2)c2ccc(F)cc2)CC1)NC(=O)O. The molecule has 168 valence electrons. The van der Waals surface area contributed by atoms with E-state index in [9.17, 15) is 13.6 Å². The van der Waals surface area contributed by atoms with Crippen LogP contribution in [-0.2, 0) is 0 Å². The van der Waals surface area contributed by atoms with Gasteiger partial charge in [-0.1, -0.05) is 38.1 Å². The summed E-state index contributed by atoms with van der Waals surface area (Å²) in [6.07, 6.45) is -0.197. The van der Waals surface area contributed by atoms with Crippen LogP contribution in [-0.4, -0.2) is 59.8 Å². The van der Waals surface area contributed by atoms with Gasteiger partial charge in [-0.2, -0.15) is 0 Å². The zero-order valence-electron chi connectivity index (χ0n) is 18.1. The summed E-state index contributed by atoms with van der Waals surface area (Å²) in [6.45, 7) is 8.01. The number of nitrogens with zero attached hydrogens (tertiary/aromatic N) is 2. The number of rotatable bonds is 8. The summed E-state index contributed by atoms with van der Waals surface area (Å²) in [5.41, 5.74) is 1.93. The van der Waals surface area contributed by atoms with E-state index in [-0.39, 0.29) is 23.7 Å². The Labute approximate surface area is 182 Å². The molecule has 0 saturated carbocycles. The summed E-state index contributed by atoms with van der Waals surface area (Å²) >= 11 is 0. The highest BCUT2D eigenvalue weighted by Gasteiger charge is 2.28. The van der Waals surface area contributed by atoms with Crippen molar-refractivity contribution < 1.29 is 18.7 Å².